The Balaban J connectivity index is 2.62. The third kappa shape index (κ3) is 3.98. The van der Waals surface area contributed by atoms with Crippen LogP contribution in [-0.2, 0) is 0 Å². The van der Waals surface area contributed by atoms with E-state index in [0.717, 1.165) is 11.1 Å². The molecule has 0 radical (unpaired) electrons. The molecule has 0 aliphatic carbocycles. The van der Waals surface area contributed by atoms with Gasteiger partial charge in [0.25, 0.3) is 0 Å². The summed E-state index contributed by atoms with van der Waals surface area (Å²) in [6.07, 6.45) is 0. The van der Waals surface area contributed by atoms with Crippen molar-refractivity contribution in [1.29, 1.82) is 0 Å². The molecule has 16 heavy (non-hydrogen) atoms. The SMILES string of the molecule is C=C(C)CNC(=S)Nc1cc(C)ccc1F. The number of rotatable bonds is 3. The monoisotopic (exact) mass is 238 g/mol. The van der Waals surface area contributed by atoms with Gasteiger partial charge in [-0.1, -0.05) is 18.2 Å². The Bertz CT molecular complexity index is 415. The molecule has 0 saturated carbocycles. The number of benzene rings is 1. The van der Waals surface area contributed by atoms with E-state index < -0.39 is 0 Å². The molecule has 0 aliphatic heterocycles. The molecule has 0 atom stereocenters. The van der Waals surface area contributed by atoms with Crippen LogP contribution >= 0.6 is 12.2 Å². The summed E-state index contributed by atoms with van der Waals surface area (Å²) in [4.78, 5) is 0. The van der Waals surface area contributed by atoms with Gasteiger partial charge in [-0.3, -0.25) is 0 Å². The summed E-state index contributed by atoms with van der Waals surface area (Å²) in [5.41, 5.74) is 2.33. The predicted molar refractivity (Wildman–Crippen MR) is 70.2 cm³/mol. The van der Waals surface area contributed by atoms with Gasteiger partial charge in [0.1, 0.15) is 5.82 Å². The molecule has 0 fully saturated rings. The highest BCUT2D eigenvalue weighted by molar-refractivity contribution is 7.80. The van der Waals surface area contributed by atoms with Gasteiger partial charge in [0, 0.05) is 6.54 Å². The van der Waals surface area contributed by atoms with E-state index in [9.17, 15) is 4.39 Å². The lowest BCUT2D eigenvalue weighted by atomic mass is 10.2. The number of halogens is 1. The van der Waals surface area contributed by atoms with Crippen molar-refractivity contribution >= 4 is 23.0 Å². The van der Waals surface area contributed by atoms with Gasteiger partial charge < -0.3 is 10.6 Å². The predicted octanol–water partition coefficient (Wildman–Crippen LogP) is 3.00. The van der Waals surface area contributed by atoms with Crippen LogP contribution in [0.2, 0.25) is 0 Å². The van der Waals surface area contributed by atoms with Gasteiger partial charge in [-0.15, -0.1) is 0 Å². The van der Waals surface area contributed by atoms with Crippen LogP contribution in [0.1, 0.15) is 12.5 Å². The maximum absolute atomic E-state index is 13.4. The van der Waals surface area contributed by atoms with Crippen molar-refractivity contribution in [3.8, 4) is 0 Å². The third-order valence-corrected chi connectivity index (χ3v) is 2.17. The van der Waals surface area contributed by atoms with Crippen LogP contribution in [0, 0.1) is 12.7 Å². The van der Waals surface area contributed by atoms with Crippen molar-refractivity contribution in [1.82, 2.24) is 5.32 Å². The van der Waals surface area contributed by atoms with Crippen LogP contribution in [0.4, 0.5) is 10.1 Å². The van der Waals surface area contributed by atoms with E-state index in [0.29, 0.717) is 17.3 Å². The summed E-state index contributed by atoms with van der Waals surface area (Å²) in [5, 5.41) is 6.14. The van der Waals surface area contributed by atoms with Crippen molar-refractivity contribution in [2.75, 3.05) is 11.9 Å². The van der Waals surface area contributed by atoms with E-state index in [2.05, 4.69) is 17.2 Å². The Morgan fingerprint density at radius 3 is 2.81 bits per heavy atom. The Kier molecular flexibility index (Phi) is 4.43. The molecule has 0 aromatic heterocycles. The van der Waals surface area contributed by atoms with Crippen LogP contribution in [-0.4, -0.2) is 11.7 Å². The van der Waals surface area contributed by atoms with Crippen LogP contribution < -0.4 is 10.6 Å². The normalized spacial score (nSPS) is 9.69. The zero-order valence-corrected chi connectivity index (χ0v) is 10.2. The molecule has 0 unspecified atom stereocenters. The van der Waals surface area contributed by atoms with Crippen molar-refractivity contribution in [2.45, 2.75) is 13.8 Å². The van der Waals surface area contributed by atoms with Gasteiger partial charge in [-0.25, -0.2) is 4.39 Å². The third-order valence-electron chi connectivity index (χ3n) is 1.92. The smallest absolute Gasteiger partial charge is 0.171 e. The summed E-state index contributed by atoms with van der Waals surface area (Å²) in [5.74, 6) is -0.315. The number of aryl methyl sites for hydroxylation is 1. The molecular formula is C12H15FN2S. The van der Waals surface area contributed by atoms with Gasteiger partial charge in [0.05, 0.1) is 5.69 Å². The first kappa shape index (κ1) is 12.6. The first-order chi connectivity index (χ1) is 7.49. The van der Waals surface area contributed by atoms with Crippen molar-refractivity contribution in [3.05, 3.63) is 41.7 Å². The molecule has 0 aliphatic rings. The molecule has 1 aromatic carbocycles. The fraction of sp³-hybridized carbons (Fsp3) is 0.250. The molecule has 0 bridgehead atoms. The molecule has 2 N–H and O–H groups in total. The summed E-state index contributed by atoms with van der Waals surface area (Å²) in [7, 11) is 0. The van der Waals surface area contributed by atoms with Gasteiger partial charge in [0.2, 0.25) is 0 Å². The largest absolute Gasteiger partial charge is 0.359 e. The maximum Gasteiger partial charge on any atom is 0.171 e. The minimum absolute atomic E-state index is 0.315. The Hall–Kier alpha value is -1.42. The van der Waals surface area contributed by atoms with Crippen molar-refractivity contribution in [2.24, 2.45) is 0 Å². The summed E-state index contributed by atoms with van der Waals surface area (Å²) in [6, 6.07) is 4.84. The zero-order valence-electron chi connectivity index (χ0n) is 9.43. The van der Waals surface area contributed by atoms with E-state index >= 15 is 0 Å². The summed E-state index contributed by atoms with van der Waals surface area (Å²) < 4.78 is 13.4. The second-order valence-corrected chi connectivity index (χ2v) is 4.16. The Morgan fingerprint density at radius 2 is 2.19 bits per heavy atom. The molecule has 0 saturated heterocycles. The minimum Gasteiger partial charge on any atom is -0.359 e. The van der Waals surface area contributed by atoms with E-state index in [-0.39, 0.29) is 5.82 Å². The molecule has 1 aromatic rings. The molecule has 86 valence electrons. The number of hydrogen-bond acceptors (Lipinski definition) is 1. The number of nitrogens with one attached hydrogen (secondary N) is 2. The minimum atomic E-state index is -0.315. The van der Waals surface area contributed by atoms with Gasteiger partial charge >= 0.3 is 0 Å². The van der Waals surface area contributed by atoms with Crippen molar-refractivity contribution < 1.29 is 4.39 Å². The van der Waals surface area contributed by atoms with E-state index in [1.807, 2.05) is 13.8 Å². The molecule has 4 heteroatoms. The molecule has 1 rings (SSSR count). The highest BCUT2D eigenvalue weighted by Crippen LogP contribution is 2.15. The lowest BCUT2D eigenvalue weighted by Crippen LogP contribution is -2.29. The molecular weight excluding hydrogens is 223 g/mol. The standard InChI is InChI=1S/C12H15FN2S/c1-8(2)7-14-12(16)15-11-6-9(3)4-5-10(11)13/h4-6H,1,7H2,2-3H3,(H2,14,15,16). The molecule has 0 spiro atoms. The van der Waals surface area contributed by atoms with E-state index in [4.69, 9.17) is 12.2 Å². The van der Waals surface area contributed by atoms with Crippen LogP contribution in [0.25, 0.3) is 0 Å². The number of thiocarbonyl (C=S) groups is 1. The first-order valence-corrected chi connectivity index (χ1v) is 5.35. The quantitative estimate of drug-likeness (QED) is 0.625. The second-order valence-electron chi connectivity index (χ2n) is 3.75. The zero-order chi connectivity index (χ0) is 12.1. The Morgan fingerprint density at radius 1 is 1.50 bits per heavy atom. The first-order valence-electron chi connectivity index (χ1n) is 4.94. The lowest BCUT2D eigenvalue weighted by Gasteiger charge is -2.11. The Labute approximate surface area is 101 Å². The molecule has 0 amide bonds. The number of anilines is 1. The van der Waals surface area contributed by atoms with E-state index in [1.54, 1.807) is 12.1 Å². The van der Waals surface area contributed by atoms with Gasteiger partial charge in [-0.2, -0.15) is 0 Å². The summed E-state index contributed by atoms with van der Waals surface area (Å²) in [6.45, 7) is 8.11. The van der Waals surface area contributed by atoms with Crippen LogP contribution in [0.5, 0.6) is 0 Å². The lowest BCUT2D eigenvalue weighted by molar-refractivity contribution is 0.631. The molecule has 2 nitrogen and oxygen atoms in total. The maximum atomic E-state index is 13.4. The molecule has 0 heterocycles. The van der Waals surface area contributed by atoms with Crippen LogP contribution in [0.3, 0.4) is 0 Å². The van der Waals surface area contributed by atoms with E-state index in [1.165, 1.54) is 6.07 Å². The average Bonchev–Trinajstić information content (AvgIpc) is 2.20. The second kappa shape index (κ2) is 5.61. The fourth-order valence-electron chi connectivity index (χ4n) is 1.13. The highest BCUT2D eigenvalue weighted by atomic mass is 32.1. The summed E-state index contributed by atoms with van der Waals surface area (Å²) >= 11 is 5.03. The fourth-order valence-corrected chi connectivity index (χ4v) is 1.31. The highest BCUT2D eigenvalue weighted by Gasteiger charge is 2.03. The van der Waals surface area contributed by atoms with Crippen LogP contribution in [0.15, 0.2) is 30.4 Å². The van der Waals surface area contributed by atoms with Gasteiger partial charge in [0.15, 0.2) is 5.11 Å². The number of hydrogen-bond donors (Lipinski definition) is 2. The van der Waals surface area contributed by atoms with Gasteiger partial charge in [-0.05, 0) is 43.8 Å². The average molecular weight is 238 g/mol. The topological polar surface area (TPSA) is 24.1 Å². The van der Waals surface area contributed by atoms with Crippen molar-refractivity contribution in [3.63, 3.8) is 0 Å².